The van der Waals surface area contributed by atoms with Gasteiger partial charge >= 0.3 is 0 Å². The lowest BCUT2D eigenvalue weighted by atomic mass is 10.0. The smallest absolute Gasteiger partial charge is 0.200 e. The van der Waals surface area contributed by atoms with E-state index in [1.54, 1.807) is 56.5 Å². The quantitative estimate of drug-likeness (QED) is 0.537. The Balaban J connectivity index is 2.22. The first-order valence-corrected chi connectivity index (χ1v) is 7.38. The molecule has 0 amide bonds. The minimum Gasteiger partial charge on any atom is -0.497 e. The lowest BCUT2D eigenvalue weighted by molar-refractivity contribution is 0.406. The Labute approximate surface area is 139 Å². The first kappa shape index (κ1) is 15.7. The second-order valence-corrected chi connectivity index (χ2v) is 5.39. The number of hydrogen-bond acceptors (Lipinski definition) is 5. The van der Waals surface area contributed by atoms with E-state index >= 15 is 0 Å². The van der Waals surface area contributed by atoms with Gasteiger partial charge in [0.15, 0.2) is 0 Å². The summed E-state index contributed by atoms with van der Waals surface area (Å²) in [6, 6.07) is 12.4. The third kappa shape index (κ3) is 2.99. The van der Waals surface area contributed by atoms with Crippen molar-refractivity contribution in [1.29, 1.82) is 0 Å². The predicted molar refractivity (Wildman–Crippen MR) is 92.7 cm³/mol. The number of methoxy groups -OCH3 is 1. The van der Waals surface area contributed by atoms with E-state index in [1.165, 1.54) is 6.26 Å². The summed E-state index contributed by atoms with van der Waals surface area (Å²) < 4.78 is 10.8. The highest BCUT2D eigenvalue weighted by Gasteiger charge is 2.13. The molecule has 0 fully saturated rings. The molecule has 6 heteroatoms. The highest BCUT2D eigenvalue weighted by Crippen LogP contribution is 2.33. The van der Waals surface area contributed by atoms with Crippen LogP contribution in [0.2, 0.25) is 0 Å². The van der Waals surface area contributed by atoms with Crippen LogP contribution in [-0.4, -0.2) is 26.2 Å². The van der Waals surface area contributed by atoms with Crippen LogP contribution in [0.4, 0.5) is 5.69 Å². The number of fused-ring (bicyclic) bond motifs is 1. The van der Waals surface area contributed by atoms with Crippen LogP contribution in [0.1, 0.15) is 0 Å². The van der Waals surface area contributed by atoms with Crippen molar-refractivity contribution in [3.63, 3.8) is 0 Å². The summed E-state index contributed by atoms with van der Waals surface area (Å²) in [6.45, 7) is 0. The Morgan fingerprint density at radius 1 is 1.08 bits per heavy atom. The molecule has 0 unspecified atom stereocenters. The molecule has 1 aromatic heterocycles. The highest BCUT2D eigenvalue weighted by atomic mass is 16.5. The molecule has 0 aliphatic carbocycles. The number of hydrogen-bond donors (Lipinski definition) is 0. The standard InChI is InChI=1S/C18H17N3O3/c1-21(2)20-19-16-10-12(23-3)8-9-13(16)15-11-24-17-7-5-4-6-14(17)18(15)22/h4-11H,1-3H3. The molecule has 1 heterocycles. The van der Waals surface area contributed by atoms with Crippen LogP contribution >= 0.6 is 0 Å². The van der Waals surface area contributed by atoms with Crippen molar-refractivity contribution in [3.05, 3.63) is 59.0 Å². The van der Waals surface area contributed by atoms with Gasteiger partial charge in [-0.1, -0.05) is 17.4 Å². The van der Waals surface area contributed by atoms with Crippen LogP contribution < -0.4 is 10.2 Å². The maximum atomic E-state index is 12.8. The molecule has 0 aliphatic rings. The van der Waals surface area contributed by atoms with E-state index < -0.39 is 0 Å². The van der Waals surface area contributed by atoms with Crippen molar-refractivity contribution in [2.45, 2.75) is 0 Å². The van der Waals surface area contributed by atoms with Gasteiger partial charge in [0.25, 0.3) is 0 Å². The molecule has 2 aromatic carbocycles. The molecule has 3 rings (SSSR count). The van der Waals surface area contributed by atoms with E-state index in [-0.39, 0.29) is 5.43 Å². The van der Waals surface area contributed by atoms with Gasteiger partial charge in [0.2, 0.25) is 5.43 Å². The molecule has 0 saturated heterocycles. The predicted octanol–water partition coefficient (Wildman–Crippen LogP) is 4.03. The van der Waals surface area contributed by atoms with Crippen molar-refractivity contribution in [3.8, 4) is 16.9 Å². The summed E-state index contributed by atoms with van der Waals surface area (Å²) in [6.07, 6.45) is 1.46. The largest absolute Gasteiger partial charge is 0.497 e. The second kappa shape index (κ2) is 6.54. The fourth-order valence-electron chi connectivity index (χ4n) is 2.35. The normalized spacial score (nSPS) is 11.1. The molecule has 122 valence electrons. The van der Waals surface area contributed by atoms with Gasteiger partial charge in [0.05, 0.1) is 23.7 Å². The van der Waals surface area contributed by atoms with Crippen molar-refractivity contribution in [2.75, 3.05) is 21.2 Å². The van der Waals surface area contributed by atoms with Crippen LogP contribution in [0.5, 0.6) is 5.75 Å². The van der Waals surface area contributed by atoms with Crippen LogP contribution in [0.25, 0.3) is 22.1 Å². The molecule has 0 N–H and O–H groups in total. The Kier molecular flexibility index (Phi) is 4.29. The summed E-state index contributed by atoms with van der Waals surface area (Å²) in [5.74, 6) is 0.636. The summed E-state index contributed by atoms with van der Waals surface area (Å²) in [4.78, 5) is 12.8. The highest BCUT2D eigenvalue weighted by molar-refractivity contribution is 5.84. The number of rotatable bonds is 4. The van der Waals surface area contributed by atoms with Gasteiger partial charge in [-0.3, -0.25) is 9.80 Å². The maximum absolute atomic E-state index is 12.8. The zero-order valence-corrected chi connectivity index (χ0v) is 13.7. The Hall–Kier alpha value is -3.15. The van der Waals surface area contributed by atoms with E-state index in [0.717, 1.165) is 0 Å². The minimum atomic E-state index is -0.108. The van der Waals surface area contributed by atoms with Crippen molar-refractivity contribution in [1.82, 2.24) is 5.01 Å². The van der Waals surface area contributed by atoms with Gasteiger partial charge < -0.3 is 9.15 Å². The monoisotopic (exact) mass is 323 g/mol. The third-order valence-corrected chi connectivity index (χ3v) is 3.51. The van der Waals surface area contributed by atoms with E-state index in [2.05, 4.69) is 10.3 Å². The van der Waals surface area contributed by atoms with E-state index in [9.17, 15) is 4.79 Å². The molecule has 0 saturated carbocycles. The van der Waals surface area contributed by atoms with Crippen molar-refractivity contribution in [2.24, 2.45) is 10.3 Å². The number of benzene rings is 2. The van der Waals surface area contributed by atoms with Crippen LogP contribution in [0, 0.1) is 0 Å². The average molecular weight is 323 g/mol. The third-order valence-electron chi connectivity index (χ3n) is 3.51. The van der Waals surface area contributed by atoms with Crippen molar-refractivity contribution < 1.29 is 9.15 Å². The number of nitrogens with zero attached hydrogens (tertiary/aromatic N) is 3. The fraction of sp³-hybridized carbons (Fsp3) is 0.167. The summed E-state index contributed by atoms with van der Waals surface area (Å²) >= 11 is 0. The SMILES string of the molecule is COc1ccc(-c2coc3ccccc3c2=O)c(N=NN(C)C)c1. The molecular weight excluding hydrogens is 306 g/mol. The van der Waals surface area contributed by atoms with Gasteiger partial charge in [0, 0.05) is 25.7 Å². The summed E-state index contributed by atoms with van der Waals surface area (Å²) in [7, 11) is 5.12. The van der Waals surface area contributed by atoms with E-state index in [1.807, 2.05) is 12.1 Å². The average Bonchev–Trinajstić information content (AvgIpc) is 2.60. The van der Waals surface area contributed by atoms with Gasteiger partial charge in [-0.15, -0.1) is 5.11 Å². The van der Waals surface area contributed by atoms with Crippen LogP contribution in [0.3, 0.4) is 0 Å². The van der Waals surface area contributed by atoms with Gasteiger partial charge in [-0.2, -0.15) is 0 Å². The first-order chi connectivity index (χ1) is 11.6. The lowest BCUT2D eigenvalue weighted by Crippen LogP contribution is -2.05. The molecule has 0 atom stereocenters. The topological polar surface area (TPSA) is 67.4 Å². The zero-order chi connectivity index (χ0) is 17.1. The first-order valence-electron chi connectivity index (χ1n) is 7.38. The Morgan fingerprint density at radius 3 is 2.62 bits per heavy atom. The van der Waals surface area contributed by atoms with E-state index in [0.29, 0.717) is 33.5 Å². The lowest BCUT2D eigenvalue weighted by Gasteiger charge is -2.08. The minimum absolute atomic E-state index is 0.108. The van der Waals surface area contributed by atoms with Gasteiger partial charge in [-0.05, 0) is 24.3 Å². The molecule has 24 heavy (non-hydrogen) atoms. The maximum Gasteiger partial charge on any atom is 0.200 e. The second-order valence-electron chi connectivity index (χ2n) is 5.39. The molecule has 0 aliphatic heterocycles. The van der Waals surface area contributed by atoms with Crippen LogP contribution in [0.15, 0.2) is 68.3 Å². The van der Waals surface area contributed by atoms with Crippen molar-refractivity contribution >= 4 is 16.7 Å². The molecular formula is C18H17N3O3. The molecule has 6 nitrogen and oxygen atoms in total. The van der Waals surface area contributed by atoms with Crippen LogP contribution in [-0.2, 0) is 0 Å². The number of ether oxygens (including phenoxy) is 1. The molecule has 3 aromatic rings. The zero-order valence-electron chi connectivity index (χ0n) is 13.7. The van der Waals surface area contributed by atoms with Gasteiger partial charge in [-0.25, -0.2) is 0 Å². The summed E-state index contributed by atoms with van der Waals surface area (Å²) in [5, 5.41) is 10.3. The van der Waals surface area contributed by atoms with E-state index in [4.69, 9.17) is 9.15 Å². The fourth-order valence-corrected chi connectivity index (χ4v) is 2.35. The summed E-state index contributed by atoms with van der Waals surface area (Å²) in [5.41, 5.74) is 2.05. The number of para-hydroxylation sites is 1. The molecule has 0 spiro atoms. The van der Waals surface area contributed by atoms with Gasteiger partial charge in [0.1, 0.15) is 17.6 Å². The Bertz CT molecular complexity index is 961. The molecule has 0 bridgehead atoms. The Morgan fingerprint density at radius 2 is 1.88 bits per heavy atom. The molecule has 0 radical (unpaired) electrons.